The van der Waals surface area contributed by atoms with Gasteiger partial charge in [-0.15, -0.1) is 0 Å². The molecule has 126 heavy (non-hydrogen) atoms. The number of phenolic OH excluding ortho intramolecular Hbond substituents is 4. The number of aromatic nitrogens is 12. The summed E-state index contributed by atoms with van der Waals surface area (Å²) >= 11 is 2.15. The van der Waals surface area contributed by atoms with Gasteiger partial charge in [0.1, 0.15) is 110 Å². The predicted octanol–water partition coefficient (Wildman–Crippen LogP) is 11.7. The summed E-state index contributed by atoms with van der Waals surface area (Å²) < 4.78 is 67.4. The Morgan fingerprint density at radius 3 is 0.960 bits per heavy atom. The molecule has 30 nitrogen and oxygen atoms in total. The average Bonchev–Trinajstić information content (AvgIpc) is 1.52. The molecule has 0 amide bonds. The largest absolute Gasteiger partial charge is 0.508 e. The van der Waals surface area contributed by atoms with Gasteiger partial charge in [0.25, 0.3) is 0 Å². The number of fused-ring (bicyclic) bond motifs is 24. The summed E-state index contributed by atoms with van der Waals surface area (Å²) in [6.45, 7) is 1.19. The summed E-state index contributed by atoms with van der Waals surface area (Å²) in [5.41, 5.74) is 3.70. The maximum Gasteiger partial charge on any atom is 0.352 e. The van der Waals surface area contributed by atoms with Crippen LogP contribution in [-0.4, -0.2) is 113 Å². The van der Waals surface area contributed by atoms with Gasteiger partial charge in [-0.25, -0.2) is 98.5 Å². The zero-order valence-electron chi connectivity index (χ0n) is 68.6. The van der Waals surface area contributed by atoms with Crippen molar-refractivity contribution < 1.29 is 53.2 Å². The Morgan fingerprint density at radius 2 is 0.635 bits per heavy atom. The van der Waals surface area contributed by atoms with Gasteiger partial charge in [-0.3, -0.25) is 0 Å². The summed E-state index contributed by atoms with van der Waals surface area (Å²) in [6.07, 6.45) is 23.2. The highest BCUT2D eigenvalue weighted by atomic mass is 127. The molecule has 12 aromatic rings. The van der Waals surface area contributed by atoms with E-state index in [0.29, 0.717) is 76.9 Å². The van der Waals surface area contributed by atoms with Gasteiger partial charge in [0.05, 0.1) is 63.1 Å². The minimum Gasteiger partial charge on any atom is -0.508 e. The van der Waals surface area contributed by atoms with E-state index in [1.807, 2.05) is 36.4 Å². The molecule has 12 aliphatic rings. The van der Waals surface area contributed by atoms with Crippen molar-refractivity contribution in [1.82, 2.24) is 55.7 Å². The third-order valence-corrected chi connectivity index (χ3v) is 28.2. The molecule has 8 aromatic carbocycles. The molecule has 8 aliphatic heterocycles. The maximum absolute atomic E-state index is 13.7. The van der Waals surface area contributed by atoms with E-state index in [0.717, 1.165) is 155 Å². The van der Waals surface area contributed by atoms with E-state index in [9.17, 15) is 63.2 Å². The molecule has 644 valence electrons. The number of allylic oxidation sites excluding steroid dienone is 4. The Morgan fingerprint density at radius 1 is 0.333 bits per heavy atom. The Hall–Kier alpha value is -13.7. The first-order chi connectivity index (χ1) is 61.0. The fourth-order valence-corrected chi connectivity index (χ4v) is 22.3. The van der Waals surface area contributed by atoms with Gasteiger partial charge in [-0.1, -0.05) is 42.5 Å². The second-order valence-corrected chi connectivity index (χ2v) is 35.1. The van der Waals surface area contributed by atoms with Gasteiger partial charge >= 0.3 is 45.5 Å². The van der Waals surface area contributed by atoms with Gasteiger partial charge in [0.15, 0.2) is 0 Å². The lowest BCUT2D eigenvalue weighted by Gasteiger charge is -2.44. The number of hydrogen-bond donors (Lipinski definition) is 4. The molecule has 4 spiro atoms. The first-order valence-corrected chi connectivity index (χ1v) is 43.6. The van der Waals surface area contributed by atoms with E-state index in [4.69, 9.17) is 28.4 Å². The van der Waals surface area contributed by atoms with E-state index in [-0.39, 0.29) is 46.6 Å². The predicted molar refractivity (Wildman–Crippen MR) is 468 cm³/mol. The van der Waals surface area contributed by atoms with Crippen molar-refractivity contribution in [3.8, 4) is 80.2 Å². The number of methoxy groups -OCH3 is 2. The van der Waals surface area contributed by atoms with Crippen LogP contribution < -0.4 is 73.9 Å². The summed E-state index contributed by atoms with van der Waals surface area (Å²) in [7, 11) is 3.12. The van der Waals surface area contributed by atoms with Gasteiger partial charge in [-0.05, 0) is 247 Å². The van der Waals surface area contributed by atoms with Crippen LogP contribution in [0.4, 0.5) is 4.39 Å². The van der Waals surface area contributed by atoms with Crippen LogP contribution in [0, 0.1) is 9.39 Å². The van der Waals surface area contributed by atoms with Gasteiger partial charge in [0, 0.05) is 78.4 Å². The molecule has 4 unspecified atom stereocenters. The zero-order chi connectivity index (χ0) is 86.7. The molecule has 0 radical (unpaired) electrons. The van der Waals surface area contributed by atoms with Crippen LogP contribution in [0.1, 0.15) is 149 Å². The highest BCUT2D eigenvalue weighted by Crippen LogP contribution is 2.58. The molecule has 32 heteroatoms. The molecule has 4 saturated carbocycles. The van der Waals surface area contributed by atoms with Crippen LogP contribution in [0.5, 0.6) is 57.5 Å². The molecular weight excluding hydrogens is 1730 g/mol. The van der Waals surface area contributed by atoms with Crippen LogP contribution in [-0.2, 0) is 26.2 Å². The topological polar surface area (TPSA) is 332 Å². The Labute approximate surface area is 729 Å². The molecule has 4 N–H and O–H groups in total. The second kappa shape index (κ2) is 30.1. The molecule has 4 atom stereocenters. The highest BCUT2D eigenvalue weighted by molar-refractivity contribution is 14.1. The lowest BCUT2D eigenvalue weighted by atomic mass is 9.79. The number of rotatable bonds is 6. The molecule has 0 bridgehead atoms. The monoisotopic (exact) mass is 1820 g/mol. The smallest absolute Gasteiger partial charge is 0.352 e. The summed E-state index contributed by atoms with van der Waals surface area (Å²) in [6, 6.07) is 44.5. The minimum absolute atomic E-state index is 0.0868. The number of aromatic hydroxyl groups is 4. The van der Waals surface area contributed by atoms with E-state index < -0.39 is 80.8 Å². The van der Waals surface area contributed by atoms with Crippen LogP contribution in [0.15, 0.2) is 255 Å². The van der Waals surface area contributed by atoms with Gasteiger partial charge < -0.3 is 48.8 Å². The first-order valence-electron chi connectivity index (χ1n) is 42.5. The van der Waals surface area contributed by atoms with E-state index >= 15 is 0 Å². The Balaban J connectivity index is 0.000000103. The third kappa shape index (κ3) is 12.3. The van der Waals surface area contributed by atoms with Gasteiger partial charge in [-0.2, -0.15) is 0 Å². The number of halogens is 2. The van der Waals surface area contributed by atoms with E-state index in [1.165, 1.54) is 61.4 Å². The van der Waals surface area contributed by atoms with Crippen LogP contribution in [0.2, 0.25) is 0 Å². The Kier molecular flexibility index (Phi) is 19.0. The van der Waals surface area contributed by atoms with Crippen molar-refractivity contribution in [2.24, 2.45) is 0 Å². The standard InChI is InChI=1S/2C24H23N3O5.C23H20FN3O4.C23H20IN3O4/c1-31-17-7-4-15(5-8-17)26-22(29)25-13-10-19-21(27(25)23(26)30)18-9-6-16(28)14-20(18)32-24(19)11-2-3-12-24;1-31-17-6-4-5-15(13-17)26-22(29)25-12-9-19-21(27(25)23(26)30)18-8-7-16(28)14-20(18)32-24(19)10-2-3-11-24;24-14-3-5-15(6-4-14)26-21(29)25-12-9-18-20(27(25)22(26)30)17-8-7-16(28)13-19(17)31-23(18)10-1-2-11-23;24-17-5-1-2-6-18(17)26-21(29)25-12-9-16-20(27(25)22(26)30)15-8-7-14(28)13-19(15)31-23(16)10-3-4-11-23/h4-10,14,21,28H,2-3,11-13H2,1H3;4-9,13-14,21,28H,2-3,10-12H2,1H3;3-9,13,20,28H,1-2,10-12H2;1-2,5-9,13,20,28H,3-4,10-12H2. The van der Waals surface area contributed by atoms with Crippen LogP contribution >= 0.6 is 22.6 Å². The molecule has 24 rings (SSSR count). The molecule has 4 aromatic heterocycles. The lowest BCUT2D eigenvalue weighted by Crippen LogP contribution is -2.48. The Bertz CT molecular complexity index is 7190. The average molecular weight is 1820 g/mol. The summed E-state index contributed by atoms with van der Waals surface area (Å²) in [5, 5.41) is 40.3. The van der Waals surface area contributed by atoms with Crippen LogP contribution in [0.3, 0.4) is 0 Å². The van der Waals surface area contributed by atoms with Crippen molar-refractivity contribution >= 4 is 22.6 Å². The minimum atomic E-state index is -0.538. The number of nitrogens with zero attached hydrogens (tertiary/aromatic N) is 12. The van der Waals surface area contributed by atoms with E-state index in [2.05, 4.69) is 28.7 Å². The van der Waals surface area contributed by atoms with Crippen molar-refractivity contribution in [1.29, 1.82) is 0 Å². The van der Waals surface area contributed by atoms with E-state index in [1.54, 1.807) is 156 Å². The quantitative estimate of drug-likeness (QED) is 0.0887. The zero-order valence-corrected chi connectivity index (χ0v) is 70.7. The molecule has 12 heterocycles. The van der Waals surface area contributed by atoms with Crippen molar-refractivity contribution in [3.63, 3.8) is 0 Å². The summed E-state index contributed by atoms with van der Waals surface area (Å²) in [5.74, 6) is 3.46. The number of para-hydroxylation sites is 1. The normalized spacial score (nSPS) is 20.3. The fourth-order valence-electron chi connectivity index (χ4n) is 21.6. The second-order valence-electron chi connectivity index (χ2n) is 34.0. The van der Waals surface area contributed by atoms with Crippen molar-refractivity contribution in [2.45, 2.75) is 175 Å². The lowest BCUT2D eigenvalue weighted by molar-refractivity contribution is 0.0828. The maximum atomic E-state index is 13.7. The first kappa shape index (κ1) is 79.5. The summed E-state index contributed by atoms with van der Waals surface area (Å²) in [4.78, 5) is 108. The van der Waals surface area contributed by atoms with Crippen LogP contribution in [0.25, 0.3) is 22.7 Å². The van der Waals surface area contributed by atoms with Crippen molar-refractivity contribution in [2.75, 3.05) is 14.2 Å². The number of hydrogen-bond acceptors (Lipinski definition) is 18. The molecule has 4 aliphatic carbocycles. The number of phenols is 4. The number of ether oxygens (including phenoxy) is 6. The third-order valence-electron chi connectivity index (χ3n) is 27.3. The fraction of sp³-hybridized carbons (Fsp3) is 0.319. The molecular formula is C94H86FIN12O18. The molecule has 0 saturated heterocycles. The molecule has 4 fully saturated rings. The van der Waals surface area contributed by atoms with Gasteiger partial charge in [0.2, 0.25) is 0 Å². The SMILES string of the molecule is COc1ccc(-n2c(=O)n3n(c2=O)C2C(=CC3)C3(CCCC3)Oc3cc(O)ccc32)cc1.COc1cccc(-n2c(=O)n3n(c2=O)C2C(=CC3)C3(CCCC3)Oc3cc(O)ccc32)c1.O=c1n(-c2ccc(F)cc2)c(=O)n2n1CC=C1C2c2ccc(O)cc2OC12CCCC2.O=c1n(-c2ccccc2I)c(=O)n2n1CC=C1C2c2ccc(O)cc2OC12CCCC2. The van der Waals surface area contributed by atoms with Crippen molar-refractivity contribution in [3.05, 3.63) is 332 Å². The number of benzene rings is 8. The highest BCUT2D eigenvalue weighted by Gasteiger charge is 2.56.